The molecule has 4 nitrogen and oxygen atoms in total. The molecule has 1 aliphatic rings. The second-order valence-electron chi connectivity index (χ2n) is 4.92. The topological polar surface area (TPSA) is 62.1 Å². The summed E-state index contributed by atoms with van der Waals surface area (Å²) in [5.41, 5.74) is -0.169. The SMILES string of the molecule is N#Cc1c(F)cccc1OCC(=O)NC1CCCCC1. The van der Waals surface area contributed by atoms with Crippen LogP contribution >= 0.6 is 0 Å². The molecule has 1 saturated carbocycles. The van der Waals surface area contributed by atoms with Crippen molar-refractivity contribution in [1.29, 1.82) is 5.26 Å². The molecule has 5 heteroatoms. The molecule has 1 aromatic rings. The monoisotopic (exact) mass is 276 g/mol. The smallest absolute Gasteiger partial charge is 0.258 e. The Hall–Kier alpha value is -2.09. The third-order valence-electron chi connectivity index (χ3n) is 3.42. The predicted octanol–water partition coefficient (Wildman–Crippen LogP) is 2.53. The number of ether oxygens (including phenoxy) is 1. The number of nitriles is 1. The van der Waals surface area contributed by atoms with Crippen molar-refractivity contribution in [3.8, 4) is 11.8 Å². The molecule has 106 valence electrons. The molecule has 0 aliphatic heterocycles. The van der Waals surface area contributed by atoms with Gasteiger partial charge in [0.2, 0.25) is 0 Å². The molecule has 2 rings (SSSR count). The summed E-state index contributed by atoms with van der Waals surface area (Å²) in [6.45, 7) is -0.200. The van der Waals surface area contributed by atoms with E-state index in [1.807, 2.05) is 0 Å². The van der Waals surface area contributed by atoms with Crippen LogP contribution in [-0.2, 0) is 4.79 Å². The van der Waals surface area contributed by atoms with Crippen LogP contribution in [0.25, 0.3) is 0 Å². The molecule has 1 aromatic carbocycles. The Morgan fingerprint density at radius 3 is 2.85 bits per heavy atom. The number of carbonyl (C=O) groups is 1. The predicted molar refractivity (Wildman–Crippen MR) is 71.6 cm³/mol. The standard InChI is InChI=1S/C15H17FN2O2/c16-13-7-4-8-14(12(13)9-17)20-10-15(19)18-11-5-2-1-3-6-11/h4,7-8,11H,1-3,5-6,10H2,(H,18,19). The fourth-order valence-corrected chi connectivity index (χ4v) is 2.39. The minimum absolute atomic E-state index is 0.103. The van der Waals surface area contributed by atoms with Crippen LogP contribution < -0.4 is 10.1 Å². The van der Waals surface area contributed by atoms with Gasteiger partial charge >= 0.3 is 0 Å². The molecule has 0 saturated heterocycles. The molecular formula is C15H17FN2O2. The number of nitrogens with zero attached hydrogens (tertiary/aromatic N) is 1. The number of amides is 1. The van der Waals surface area contributed by atoms with Crippen molar-refractivity contribution < 1.29 is 13.9 Å². The molecule has 1 amide bonds. The van der Waals surface area contributed by atoms with Crippen LogP contribution in [0.3, 0.4) is 0 Å². The summed E-state index contributed by atoms with van der Waals surface area (Å²) in [5.74, 6) is -0.769. The van der Waals surface area contributed by atoms with E-state index < -0.39 is 5.82 Å². The maximum absolute atomic E-state index is 13.3. The Balaban J connectivity index is 1.87. The zero-order valence-corrected chi connectivity index (χ0v) is 11.2. The highest BCUT2D eigenvalue weighted by Crippen LogP contribution is 2.20. The van der Waals surface area contributed by atoms with E-state index in [0.717, 1.165) is 25.7 Å². The number of benzene rings is 1. The van der Waals surface area contributed by atoms with Gasteiger partial charge in [-0.2, -0.15) is 5.26 Å². The Morgan fingerprint density at radius 2 is 2.15 bits per heavy atom. The van der Waals surface area contributed by atoms with Gasteiger partial charge in [0.25, 0.3) is 5.91 Å². The van der Waals surface area contributed by atoms with Gasteiger partial charge in [-0.25, -0.2) is 4.39 Å². The zero-order valence-electron chi connectivity index (χ0n) is 11.2. The lowest BCUT2D eigenvalue weighted by Crippen LogP contribution is -2.39. The van der Waals surface area contributed by atoms with E-state index in [1.165, 1.54) is 24.6 Å². The molecule has 0 aromatic heterocycles. The van der Waals surface area contributed by atoms with Gasteiger partial charge in [-0.3, -0.25) is 4.79 Å². The van der Waals surface area contributed by atoms with Crippen LogP contribution in [0.2, 0.25) is 0 Å². The second kappa shape index (κ2) is 6.90. The quantitative estimate of drug-likeness (QED) is 0.919. The third-order valence-corrected chi connectivity index (χ3v) is 3.42. The molecule has 0 spiro atoms. The summed E-state index contributed by atoms with van der Waals surface area (Å²) in [5, 5.41) is 11.8. The third kappa shape index (κ3) is 3.70. The molecule has 1 aliphatic carbocycles. The van der Waals surface area contributed by atoms with Gasteiger partial charge in [0.15, 0.2) is 6.61 Å². The van der Waals surface area contributed by atoms with Gasteiger partial charge in [0.1, 0.15) is 23.2 Å². The van der Waals surface area contributed by atoms with Crippen molar-refractivity contribution in [2.45, 2.75) is 38.1 Å². The van der Waals surface area contributed by atoms with Crippen LogP contribution in [0.15, 0.2) is 18.2 Å². The average molecular weight is 276 g/mol. The van der Waals surface area contributed by atoms with E-state index in [1.54, 1.807) is 6.07 Å². The maximum Gasteiger partial charge on any atom is 0.258 e. The van der Waals surface area contributed by atoms with Gasteiger partial charge < -0.3 is 10.1 Å². The number of hydrogen-bond acceptors (Lipinski definition) is 3. The van der Waals surface area contributed by atoms with Crippen molar-refractivity contribution in [2.75, 3.05) is 6.61 Å². The lowest BCUT2D eigenvalue weighted by molar-refractivity contribution is -0.124. The van der Waals surface area contributed by atoms with E-state index >= 15 is 0 Å². The molecule has 0 radical (unpaired) electrons. The van der Waals surface area contributed by atoms with E-state index in [9.17, 15) is 9.18 Å². The highest BCUT2D eigenvalue weighted by molar-refractivity contribution is 5.77. The van der Waals surface area contributed by atoms with Crippen molar-refractivity contribution in [1.82, 2.24) is 5.32 Å². The van der Waals surface area contributed by atoms with Crippen LogP contribution in [0.1, 0.15) is 37.7 Å². The minimum Gasteiger partial charge on any atom is -0.482 e. The first kappa shape index (κ1) is 14.3. The number of halogens is 1. The highest BCUT2D eigenvalue weighted by Gasteiger charge is 2.16. The Labute approximate surface area is 117 Å². The maximum atomic E-state index is 13.3. The molecule has 0 bridgehead atoms. The number of rotatable bonds is 4. The van der Waals surface area contributed by atoms with E-state index in [-0.39, 0.29) is 29.9 Å². The van der Waals surface area contributed by atoms with Crippen molar-refractivity contribution in [3.63, 3.8) is 0 Å². The van der Waals surface area contributed by atoms with E-state index in [4.69, 9.17) is 10.00 Å². The van der Waals surface area contributed by atoms with Gasteiger partial charge in [0, 0.05) is 6.04 Å². The first-order chi connectivity index (χ1) is 9.70. The van der Waals surface area contributed by atoms with Crippen LogP contribution in [0.4, 0.5) is 4.39 Å². The molecule has 0 atom stereocenters. The summed E-state index contributed by atoms with van der Waals surface area (Å²) in [6, 6.07) is 6.07. The molecule has 0 heterocycles. The van der Waals surface area contributed by atoms with Crippen molar-refractivity contribution in [3.05, 3.63) is 29.6 Å². The Bertz CT molecular complexity index is 519. The van der Waals surface area contributed by atoms with Gasteiger partial charge in [-0.15, -0.1) is 0 Å². The van der Waals surface area contributed by atoms with Crippen LogP contribution in [0, 0.1) is 17.1 Å². The zero-order chi connectivity index (χ0) is 14.4. The summed E-state index contributed by atoms with van der Waals surface area (Å²) in [4.78, 5) is 11.8. The Kier molecular flexibility index (Phi) is 4.94. The summed E-state index contributed by atoms with van der Waals surface area (Å²) >= 11 is 0. The van der Waals surface area contributed by atoms with Crippen LogP contribution in [0.5, 0.6) is 5.75 Å². The largest absolute Gasteiger partial charge is 0.482 e. The van der Waals surface area contributed by atoms with E-state index in [0.29, 0.717) is 0 Å². The summed E-state index contributed by atoms with van der Waals surface area (Å²) in [6.07, 6.45) is 5.48. The lowest BCUT2D eigenvalue weighted by Gasteiger charge is -2.22. The number of carbonyl (C=O) groups excluding carboxylic acids is 1. The first-order valence-corrected chi connectivity index (χ1v) is 6.81. The van der Waals surface area contributed by atoms with Crippen LogP contribution in [-0.4, -0.2) is 18.6 Å². The van der Waals surface area contributed by atoms with Crippen molar-refractivity contribution in [2.24, 2.45) is 0 Å². The number of hydrogen-bond donors (Lipinski definition) is 1. The lowest BCUT2D eigenvalue weighted by atomic mass is 9.95. The minimum atomic E-state index is -0.641. The van der Waals surface area contributed by atoms with Gasteiger partial charge in [-0.1, -0.05) is 25.3 Å². The van der Waals surface area contributed by atoms with Crippen molar-refractivity contribution >= 4 is 5.91 Å². The normalized spacial score (nSPS) is 15.4. The summed E-state index contributed by atoms with van der Waals surface area (Å²) < 4.78 is 18.6. The highest BCUT2D eigenvalue weighted by atomic mass is 19.1. The van der Waals surface area contributed by atoms with E-state index in [2.05, 4.69) is 5.32 Å². The molecule has 0 unspecified atom stereocenters. The second-order valence-corrected chi connectivity index (χ2v) is 4.92. The number of nitrogens with one attached hydrogen (secondary N) is 1. The fourth-order valence-electron chi connectivity index (χ4n) is 2.39. The first-order valence-electron chi connectivity index (χ1n) is 6.81. The molecular weight excluding hydrogens is 259 g/mol. The average Bonchev–Trinajstić information content (AvgIpc) is 2.46. The van der Waals surface area contributed by atoms with Gasteiger partial charge in [0.05, 0.1) is 0 Å². The molecule has 1 fully saturated rings. The fraction of sp³-hybridized carbons (Fsp3) is 0.467. The Morgan fingerprint density at radius 1 is 1.40 bits per heavy atom. The van der Waals surface area contributed by atoms with Gasteiger partial charge in [-0.05, 0) is 25.0 Å². The molecule has 20 heavy (non-hydrogen) atoms. The summed E-state index contributed by atoms with van der Waals surface area (Å²) in [7, 11) is 0. The molecule has 1 N–H and O–H groups in total.